The van der Waals surface area contributed by atoms with Gasteiger partial charge in [-0.25, -0.2) is 13.6 Å². The van der Waals surface area contributed by atoms with Crippen LogP contribution >= 0.6 is 11.5 Å². The maximum atomic E-state index is 12.2. The Hall–Kier alpha value is -1.84. The van der Waals surface area contributed by atoms with Crippen molar-refractivity contribution in [3.8, 4) is 0 Å². The molecular formula is C12H14N4O3S2. The van der Waals surface area contributed by atoms with Crippen molar-refractivity contribution in [2.45, 2.75) is 25.2 Å². The fourth-order valence-electron chi connectivity index (χ4n) is 1.85. The van der Waals surface area contributed by atoms with Crippen molar-refractivity contribution in [3.63, 3.8) is 0 Å². The molecule has 21 heavy (non-hydrogen) atoms. The summed E-state index contributed by atoms with van der Waals surface area (Å²) < 4.78 is 26.7. The second kappa shape index (κ2) is 5.88. The highest BCUT2D eigenvalue weighted by Crippen LogP contribution is 2.23. The molecule has 0 unspecified atom stereocenters. The van der Waals surface area contributed by atoms with Gasteiger partial charge in [0.15, 0.2) is 0 Å². The largest absolute Gasteiger partial charge is 0.321 e. The van der Waals surface area contributed by atoms with Crippen LogP contribution in [0.25, 0.3) is 0 Å². The average molecular weight is 326 g/mol. The van der Waals surface area contributed by atoms with Crippen LogP contribution in [-0.2, 0) is 16.4 Å². The molecule has 2 rings (SSSR count). The van der Waals surface area contributed by atoms with Crippen molar-refractivity contribution in [1.29, 1.82) is 0 Å². The number of hydrogen-bond acceptors (Lipinski definition) is 6. The normalized spacial score (nSPS) is 11.4. The molecular weight excluding hydrogens is 312 g/mol. The molecule has 0 saturated carbocycles. The van der Waals surface area contributed by atoms with Gasteiger partial charge in [-0.15, -0.1) is 5.10 Å². The van der Waals surface area contributed by atoms with Gasteiger partial charge < -0.3 is 5.32 Å². The molecule has 0 aliphatic rings. The SMILES string of the molecule is CCc1nnsc1C(=O)Nc1cccc(S(N)(=O)=O)c1C. The lowest BCUT2D eigenvalue weighted by Gasteiger charge is -2.10. The maximum Gasteiger partial charge on any atom is 0.269 e. The van der Waals surface area contributed by atoms with Gasteiger partial charge >= 0.3 is 0 Å². The molecule has 1 heterocycles. The topological polar surface area (TPSA) is 115 Å². The first-order valence-corrected chi connectivity index (χ1v) is 8.41. The number of benzene rings is 1. The summed E-state index contributed by atoms with van der Waals surface area (Å²) in [5, 5.41) is 11.7. The fourth-order valence-corrected chi connectivity index (χ4v) is 3.30. The molecule has 1 aromatic carbocycles. The number of rotatable bonds is 4. The van der Waals surface area contributed by atoms with Crippen LogP contribution in [0.3, 0.4) is 0 Å². The van der Waals surface area contributed by atoms with E-state index in [2.05, 4.69) is 14.9 Å². The number of nitrogens with one attached hydrogen (secondary N) is 1. The van der Waals surface area contributed by atoms with E-state index >= 15 is 0 Å². The van der Waals surface area contributed by atoms with Crippen molar-refractivity contribution in [1.82, 2.24) is 9.59 Å². The Kier molecular flexibility index (Phi) is 4.35. The summed E-state index contributed by atoms with van der Waals surface area (Å²) >= 11 is 1.00. The highest BCUT2D eigenvalue weighted by molar-refractivity contribution is 7.89. The summed E-state index contributed by atoms with van der Waals surface area (Å²) in [5.74, 6) is -0.364. The van der Waals surface area contributed by atoms with Crippen LogP contribution in [0.1, 0.15) is 27.9 Å². The van der Waals surface area contributed by atoms with E-state index in [1.165, 1.54) is 12.1 Å². The van der Waals surface area contributed by atoms with Gasteiger partial charge in [-0.3, -0.25) is 4.79 Å². The van der Waals surface area contributed by atoms with E-state index in [0.29, 0.717) is 28.2 Å². The number of nitrogens with zero attached hydrogens (tertiary/aromatic N) is 2. The number of aryl methyl sites for hydroxylation is 1. The number of carbonyl (C=O) groups excluding carboxylic acids is 1. The highest BCUT2D eigenvalue weighted by atomic mass is 32.2. The van der Waals surface area contributed by atoms with Gasteiger partial charge in [0.2, 0.25) is 10.0 Å². The van der Waals surface area contributed by atoms with Crippen LogP contribution < -0.4 is 10.5 Å². The van der Waals surface area contributed by atoms with E-state index in [4.69, 9.17) is 5.14 Å². The van der Waals surface area contributed by atoms with Crippen LogP contribution in [0, 0.1) is 6.92 Å². The first-order chi connectivity index (χ1) is 9.84. The van der Waals surface area contributed by atoms with Gasteiger partial charge in [0.05, 0.1) is 10.6 Å². The molecule has 112 valence electrons. The lowest BCUT2D eigenvalue weighted by atomic mass is 10.2. The van der Waals surface area contributed by atoms with Gasteiger partial charge in [0.25, 0.3) is 5.91 Å². The Balaban J connectivity index is 2.35. The molecule has 0 aliphatic heterocycles. The summed E-state index contributed by atoms with van der Waals surface area (Å²) in [4.78, 5) is 12.6. The number of carbonyl (C=O) groups is 1. The predicted octanol–water partition coefficient (Wildman–Crippen LogP) is 1.31. The van der Waals surface area contributed by atoms with Crippen molar-refractivity contribution in [3.05, 3.63) is 34.3 Å². The molecule has 0 bridgehead atoms. The Morgan fingerprint density at radius 2 is 2.14 bits per heavy atom. The van der Waals surface area contributed by atoms with E-state index in [-0.39, 0.29) is 10.8 Å². The summed E-state index contributed by atoms with van der Waals surface area (Å²) in [6.07, 6.45) is 0.593. The molecule has 0 saturated heterocycles. The Morgan fingerprint density at radius 1 is 1.43 bits per heavy atom. The molecule has 1 aromatic heterocycles. The van der Waals surface area contributed by atoms with E-state index in [9.17, 15) is 13.2 Å². The number of primary sulfonamides is 1. The van der Waals surface area contributed by atoms with Gasteiger partial charge in [-0.05, 0) is 42.6 Å². The van der Waals surface area contributed by atoms with E-state index < -0.39 is 10.0 Å². The highest BCUT2D eigenvalue weighted by Gasteiger charge is 2.18. The average Bonchev–Trinajstić information content (AvgIpc) is 2.88. The van der Waals surface area contributed by atoms with Crippen LogP contribution in [0.15, 0.2) is 23.1 Å². The third kappa shape index (κ3) is 3.26. The molecule has 0 atom stereocenters. The summed E-state index contributed by atoms with van der Waals surface area (Å²) in [6.45, 7) is 3.46. The molecule has 2 aromatic rings. The maximum absolute atomic E-state index is 12.2. The fraction of sp³-hybridized carbons (Fsp3) is 0.250. The molecule has 0 fully saturated rings. The second-order valence-corrected chi connectivity index (χ2v) is 6.61. The molecule has 7 nitrogen and oxygen atoms in total. The number of sulfonamides is 1. The number of amides is 1. The first kappa shape index (κ1) is 15.5. The van der Waals surface area contributed by atoms with Crippen molar-refractivity contribution in [2.24, 2.45) is 5.14 Å². The van der Waals surface area contributed by atoms with E-state index in [1.807, 2.05) is 6.92 Å². The number of anilines is 1. The summed E-state index contributed by atoms with van der Waals surface area (Å²) in [6, 6.07) is 4.53. The number of nitrogens with two attached hydrogens (primary N) is 1. The minimum atomic E-state index is -3.83. The van der Waals surface area contributed by atoms with Gasteiger partial charge in [0, 0.05) is 5.69 Å². The Labute approximate surface area is 126 Å². The number of hydrogen-bond donors (Lipinski definition) is 2. The second-order valence-electron chi connectivity index (χ2n) is 4.33. The van der Waals surface area contributed by atoms with Crippen molar-refractivity contribution >= 4 is 33.2 Å². The zero-order valence-corrected chi connectivity index (χ0v) is 13.1. The molecule has 3 N–H and O–H groups in total. The minimum absolute atomic E-state index is 0.0153. The lowest BCUT2D eigenvalue weighted by molar-refractivity contribution is 0.102. The monoisotopic (exact) mass is 326 g/mol. The molecule has 0 spiro atoms. The van der Waals surface area contributed by atoms with Crippen molar-refractivity contribution < 1.29 is 13.2 Å². The predicted molar refractivity (Wildman–Crippen MR) is 79.8 cm³/mol. The van der Waals surface area contributed by atoms with Gasteiger partial charge in [0.1, 0.15) is 4.88 Å². The quantitative estimate of drug-likeness (QED) is 0.879. The van der Waals surface area contributed by atoms with Gasteiger partial charge in [-0.1, -0.05) is 17.5 Å². The van der Waals surface area contributed by atoms with Gasteiger partial charge in [-0.2, -0.15) is 0 Å². The zero-order valence-electron chi connectivity index (χ0n) is 11.5. The molecule has 0 aliphatic carbocycles. The lowest BCUT2D eigenvalue weighted by Crippen LogP contribution is -2.17. The summed E-state index contributed by atoms with van der Waals surface area (Å²) in [7, 11) is -3.83. The molecule has 0 radical (unpaired) electrons. The first-order valence-electron chi connectivity index (χ1n) is 6.09. The minimum Gasteiger partial charge on any atom is -0.321 e. The van der Waals surface area contributed by atoms with E-state index in [0.717, 1.165) is 11.5 Å². The number of aromatic nitrogens is 2. The van der Waals surface area contributed by atoms with Crippen LogP contribution in [0.2, 0.25) is 0 Å². The smallest absolute Gasteiger partial charge is 0.269 e. The summed E-state index contributed by atoms with van der Waals surface area (Å²) in [5.41, 5.74) is 1.39. The molecule has 9 heteroatoms. The Morgan fingerprint density at radius 3 is 2.76 bits per heavy atom. The van der Waals surface area contributed by atoms with Crippen LogP contribution in [0.5, 0.6) is 0 Å². The Bertz CT molecular complexity index is 784. The third-order valence-electron chi connectivity index (χ3n) is 2.94. The van der Waals surface area contributed by atoms with Crippen LogP contribution in [0.4, 0.5) is 5.69 Å². The molecule has 1 amide bonds. The van der Waals surface area contributed by atoms with Crippen molar-refractivity contribution in [2.75, 3.05) is 5.32 Å². The van der Waals surface area contributed by atoms with E-state index in [1.54, 1.807) is 13.0 Å². The van der Waals surface area contributed by atoms with Crippen LogP contribution in [-0.4, -0.2) is 23.9 Å². The standard InChI is InChI=1S/C12H14N4O3S2/c1-3-8-11(20-16-15-8)12(17)14-9-5-4-6-10(7(9)2)21(13,18)19/h4-6H,3H2,1-2H3,(H,14,17)(H2,13,18,19). The third-order valence-corrected chi connectivity index (χ3v) is 4.76. The zero-order chi connectivity index (χ0) is 15.6.